The van der Waals surface area contributed by atoms with Crippen molar-refractivity contribution in [3.05, 3.63) is 211 Å². The van der Waals surface area contributed by atoms with Gasteiger partial charge in [-0.25, -0.2) is 29.9 Å². The summed E-state index contributed by atoms with van der Waals surface area (Å²) >= 11 is 0. The van der Waals surface area contributed by atoms with Crippen molar-refractivity contribution >= 4 is 21.8 Å². The molecule has 0 unspecified atom stereocenters. The van der Waals surface area contributed by atoms with Crippen molar-refractivity contribution in [1.29, 1.82) is 0 Å². The molecule has 0 amide bonds. The van der Waals surface area contributed by atoms with Gasteiger partial charge in [0.05, 0.1) is 16.7 Å². The lowest BCUT2D eigenvalue weighted by molar-refractivity contribution is 0.661. The molecule has 302 valence electrons. The number of nitrogens with zero attached hydrogens (tertiary/aromatic N) is 7. The maximum atomic E-state index is 5.38. The highest BCUT2D eigenvalue weighted by atomic mass is 15.1. The first-order valence-electron chi connectivity index (χ1n) is 21.6. The van der Waals surface area contributed by atoms with E-state index in [1.165, 1.54) is 22.3 Å². The molecule has 64 heavy (non-hydrogen) atoms. The molecule has 11 aromatic rings. The van der Waals surface area contributed by atoms with Crippen molar-refractivity contribution in [2.45, 2.75) is 19.3 Å². The zero-order valence-corrected chi connectivity index (χ0v) is 35.2. The molecule has 0 aliphatic heterocycles. The zero-order chi connectivity index (χ0) is 42.8. The van der Waals surface area contributed by atoms with Gasteiger partial charge in [-0.05, 0) is 52.6 Å². The fourth-order valence-corrected chi connectivity index (χ4v) is 9.54. The van der Waals surface area contributed by atoms with Gasteiger partial charge < -0.3 is 4.57 Å². The first-order chi connectivity index (χ1) is 31.5. The molecule has 0 saturated heterocycles. The summed E-state index contributed by atoms with van der Waals surface area (Å²) in [6.07, 6.45) is 0. The largest absolute Gasteiger partial charge is 0.309 e. The Kier molecular flexibility index (Phi) is 8.69. The van der Waals surface area contributed by atoms with Crippen molar-refractivity contribution in [2.75, 3.05) is 0 Å². The number of hydrogen-bond acceptors (Lipinski definition) is 6. The summed E-state index contributed by atoms with van der Waals surface area (Å²) in [7, 11) is 0. The van der Waals surface area contributed by atoms with E-state index in [9.17, 15) is 0 Å². The second kappa shape index (κ2) is 14.9. The Morgan fingerprint density at radius 2 is 0.750 bits per heavy atom. The van der Waals surface area contributed by atoms with E-state index in [2.05, 4.69) is 140 Å². The second-order valence-electron chi connectivity index (χ2n) is 16.7. The molecule has 8 aromatic carbocycles. The molecule has 0 N–H and O–H groups in total. The predicted octanol–water partition coefficient (Wildman–Crippen LogP) is 13.5. The van der Waals surface area contributed by atoms with Crippen LogP contribution in [0.1, 0.15) is 25.0 Å². The van der Waals surface area contributed by atoms with Crippen LogP contribution in [0.3, 0.4) is 0 Å². The molecular weight excluding hydrogens is 783 g/mol. The Balaban J connectivity index is 1.13. The number of hydrogen-bond donors (Lipinski definition) is 0. The van der Waals surface area contributed by atoms with Gasteiger partial charge in [0, 0.05) is 49.6 Å². The average molecular weight is 822 g/mol. The van der Waals surface area contributed by atoms with Gasteiger partial charge in [-0.2, -0.15) is 0 Å². The molecule has 1 aliphatic rings. The van der Waals surface area contributed by atoms with Gasteiger partial charge in [0.1, 0.15) is 0 Å². The third-order valence-electron chi connectivity index (χ3n) is 12.5. The van der Waals surface area contributed by atoms with E-state index in [4.69, 9.17) is 29.9 Å². The van der Waals surface area contributed by atoms with Crippen LogP contribution in [0.4, 0.5) is 0 Å². The van der Waals surface area contributed by atoms with Crippen LogP contribution in [0.2, 0.25) is 0 Å². The number of aromatic nitrogens is 7. The summed E-state index contributed by atoms with van der Waals surface area (Å²) in [6.45, 7) is 4.59. The Hall–Kier alpha value is -8.42. The lowest BCUT2D eigenvalue weighted by Gasteiger charge is -2.24. The molecule has 12 rings (SSSR count). The summed E-state index contributed by atoms with van der Waals surface area (Å²) < 4.78 is 2.32. The summed E-state index contributed by atoms with van der Waals surface area (Å²) in [5.74, 6) is 3.46. The molecule has 3 aromatic heterocycles. The Morgan fingerprint density at radius 1 is 0.328 bits per heavy atom. The highest BCUT2D eigenvalue weighted by molar-refractivity contribution is 6.09. The second-order valence-corrected chi connectivity index (χ2v) is 16.7. The lowest BCUT2D eigenvalue weighted by Crippen LogP contribution is -2.17. The van der Waals surface area contributed by atoms with Crippen molar-refractivity contribution < 1.29 is 0 Å². The Labute approximate surface area is 370 Å². The van der Waals surface area contributed by atoms with Crippen LogP contribution in [0.5, 0.6) is 0 Å². The molecular formula is C57H39N7. The summed E-state index contributed by atoms with van der Waals surface area (Å²) in [4.78, 5) is 31.5. The normalized spacial score (nSPS) is 12.7. The first kappa shape index (κ1) is 37.4. The van der Waals surface area contributed by atoms with Crippen molar-refractivity contribution in [3.63, 3.8) is 0 Å². The minimum absolute atomic E-state index is 0.273. The van der Waals surface area contributed by atoms with Gasteiger partial charge in [0.25, 0.3) is 0 Å². The zero-order valence-electron chi connectivity index (χ0n) is 35.2. The predicted molar refractivity (Wildman–Crippen MR) is 258 cm³/mol. The monoisotopic (exact) mass is 821 g/mol. The molecule has 0 bridgehead atoms. The SMILES string of the molecule is CC1(C)c2ccccc2-c2cccc(-c3nc(-c4ccccc4)nc(-c4ccc(-n5c6ccccc6c6ccccc65)c(-c5nc(-c6ccccc6)nc(-c6ccccc6)n5)c4)n3)c21. The van der Waals surface area contributed by atoms with Gasteiger partial charge >= 0.3 is 0 Å². The van der Waals surface area contributed by atoms with E-state index in [0.717, 1.165) is 60.9 Å². The van der Waals surface area contributed by atoms with E-state index < -0.39 is 0 Å². The highest BCUT2D eigenvalue weighted by Gasteiger charge is 2.38. The minimum Gasteiger partial charge on any atom is -0.309 e. The van der Waals surface area contributed by atoms with Gasteiger partial charge in [-0.15, -0.1) is 0 Å². The van der Waals surface area contributed by atoms with Crippen LogP contribution < -0.4 is 0 Å². The van der Waals surface area contributed by atoms with E-state index in [0.29, 0.717) is 34.9 Å². The molecule has 1 aliphatic carbocycles. The van der Waals surface area contributed by atoms with Crippen LogP contribution in [0.15, 0.2) is 200 Å². The van der Waals surface area contributed by atoms with Crippen LogP contribution in [0, 0.1) is 0 Å². The van der Waals surface area contributed by atoms with Gasteiger partial charge in [-0.1, -0.05) is 184 Å². The number of para-hydroxylation sites is 2. The van der Waals surface area contributed by atoms with E-state index in [1.807, 2.05) is 78.9 Å². The van der Waals surface area contributed by atoms with Crippen LogP contribution in [-0.2, 0) is 5.41 Å². The van der Waals surface area contributed by atoms with E-state index in [-0.39, 0.29) is 5.41 Å². The maximum Gasteiger partial charge on any atom is 0.166 e. The smallest absolute Gasteiger partial charge is 0.166 e. The fraction of sp³-hybridized carbons (Fsp3) is 0.0526. The van der Waals surface area contributed by atoms with Crippen molar-refractivity contribution in [2.24, 2.45) is 0 Å². The summed E-state index contributed by atoms with van der Waals surface area (Å²) in [5, 5.41) is 2.32. The topological polar surface area (TPSA) is 82.3 Å². The highest BCUT2D eigenvalue weighted by Crippen LogP contribution is 2.52. The number of fused-ring (bicyclic) bond motifs is 6. The van der Waals surface area contributed by atoms with E-state index in [1.54, 1.807) is 0 Å². The van der Waals surface area contributed by atoms with Crippen LogP contribution >= 0.6 is 0 Å². The lowest BCUT2D eigenvalue weighted by atomic mass is 9.80. The molecule has 0 spiro atoms. The molecule has 0 radical (unpaired) electrons. The first-order valence-corrected chi connectivity index (χ1v) is 21.6. The standard InChI is InChI=1S/C57H39N7/c1-57(2)46-30-15-12-25-40(46)43-28-18-29-44(50(43)57)55-60-53(38-23-10-5-11-24-38)59-54(63-55)39-33-34-49(64-47-31-16-13-26-41(47)42-27-14-17-32-48(42)64)45(35-39)56-61-51(36-19-6-3-7-20-36)58-52(62-56)37-21-8-4-9-22-37/h3-35H,1-2H3. The summed E-state index contributed by atoms with van der Waals surface area (Å²) in [5.41, 5.74) is 13.0. The fourth-order valence-electron chi connectivity index (χ4n) is 9.54. The van der Waals surface area contributed by atoms with Crippen molar-refractivity contribution in [1.82, 2.24) is 34.5 Å². The van der Waals surface area contributed by atoms with Gasteiger partial charge in [0.2, 0.25) is 0 Å². The molecule has 7 nitrogen and oxygen atoms in total. The molecule has 0 saturated carbocycles. The molecule has 7 heteroatoms. The van der Waals surface area contributed by atoms with Gasteiger partial charge in [-0.3, -0.25) is 0 Å². The number of benzene rings is 8. The quantitative estimate of drug-likeness (QED) is 0.159. The molecule has 3 heterocycles. The third-order valence-corrected chi connectivity index (χ3v) is 12.5. The van der Waals surface area contributed by atoms with Crippen LogP contribution in [-0.4, -0.2) is 34.5 Å². The molecule has 0 fully saturated rings. The maximum absolute atomic E-state index is 5.38. The Bertz CT molecular complexity index is 3470. The summed E-state index contributed by atoms with van der Waals surface area (Å²) in [6, 6.07) is 69.0. The molecule has 0 atom stereocenters. The van der Waals surface area contributed by atoms with Gasteiger partial charge in [0.15, 0.2) is 34.9 Å². The minimum atomic E-state index is -0.273. The van der Waals surface area contributed by atoms with Crippen LogP contribution in [0.25, 0.3) is 107 Å². The average Bonchev–Trinajstić information content (AvgIpc) is 3.82. The van der Waals surface area contributed by atoms with E-state index >= 15 is 0 Å². The van der Waals surface area contributed by atoms with Crippen molar-refractivity contribution in [3.8, 4) is 85.1 Å². The number of rotatable bonds is 7. The third kappa shape index (κ3) is 6.12. The Morgan fingerprint density at radius 3 is 1.31 bits per heavy atom.